The Balaban J connectivity index is 2.20. The van der Waals surface area contributed by atoms with Crippen LogP contribution in [0.15, 0.2) is 0 Å². The summed E-state index contributed by atoms with van der Waals surface area (Å²) in [5, 5.41) is 3.39. The van der Waals surface area contributed by atoms with Crippen LogP contribution in [0.4, 0.5) is 0 Å². The molecule has 1 aliphatic rings. The highest BCUT2D eigenvalue weighted by atomic mass is 16.2. The van der Waals surface area contributed by atoms with E-state index in [-0.39, 0.29) is 11.9 Å². The van der Waals surface area contributed by atoms with E-state index in [1.54, 1.807) is 0 Å². The number of hydrogen-bond acceptors (Lipinski definition) is 3. The van der Waals surface area contributed by atoms with E-state index in [1.165, 1.54) is 25.7 Å². The molecule has 1 saturated heterocycles. The van der Waals surface area contributed by atoms with E-state index < -0.39 is 0 Å². The summed E-state index contributed by atoms with van der Waals surface area (Å²) in [6.07, 6.45) is 5.99. The van der Waals surface area contributed by atoms with Crippen molar-refractivity contribution >= 4 is 5.91 Å². The highest BCUT2D eigenvalue weighted by Gasteiger charge is 2.20. The smallest absolute Gasteiger partial charge is 0.239 e. The fourth-order valence-electron chi connectivity index (χ4n) is 2.81. The van der Waals surface area contributed by atoms with Gasteiger partial charge in [0.15, 0.2) is 0 Å². The second kappa shape index (κ2) is 10.2. The van der Waals surface area contributed by atoms with Gasteiger partial charge in [-0.2, -0.15) is 0 Å². The zero-order valence-electron chi connectivity index (χ0n) is 13.7. The molecule has 1 heterocycles. The van der Waals surface area contributed by atoms with Crippen LogP contribution in [0.5, 0.6) is 0 Å². The molecule has 118 valence electrons. The third-order valence-corrected chi connectivity index (χ3v) is 4.28. The van der Waals surface area contributed by atoms with Gasteiger partial charge in [0, 0.05) is 13.1 Å². The Morgan fingerprint density at radius 1 is 1.15 bits per heavy atom. The molecule has 1 atom stereocenters. The minimum atomic E-state index is -0.0372. The van der Waals surface area contributed by atoms with Gasteiger partial charge in [-0.1, -0.05) is 26.7 Å². The number of nitrogens with zero attached hydrogens (tertiary/aromatic N) is 2. The first-order chi connectivity index (χ1) is 9.69. The van der Waals surface area contributed by atoms with E-state index in [2.05, 4.69) is 29.0 Å². The van der Waals surface area contributed by atoms with Gasteiger partial charge in [-0.15, -0.1) is 0 Å². The van der Waals surface area contributed by atoms with E-state index in [9.17, 15) is 4.79 Å². The highest BCUT2D eigenvalue weighted by Crippen LogP contribution is 2.10. The predicted molar refractivity (Wildman–Crippen MR) is 84.9 cm³/mol. The van der Waals surface area contributed by atoms with Gasteiger partial charge in [-0.05, 0) is 52.4 Å². The van der Waals surface area contributed by atoms with E-state index in [0.29, 0.717) is 0 Å². The van der Waals surface area contributed by atoms with Crippen molar-refractivity contribution in [3.63, 3.8) is 0 Å². The summed E-state index contributed by atoms with van der Waals surface area (Å²) in [7, 11) is 0. The van der Waals surface area contributed by atoms with Crippen molar-refractivity contribution in [3.8, 4) is 0 Å². The lowest BCUT2D eigenvalue weighted by Gasteiger charge is -2.25. The summed E-state index contributed by atoms with van der Waals surface area (Å²) in [4.78, 5) is 16.8. The van der Waals surface area contributed by atoms with Gasteiger partial charge in [-0.25, -0.2) is 0 Å². The maximum atomic E-state index is 12.3. The van der Waals surface area contributed by atoms with Gasteiger partial charge < -0.3 is 15.1 Å². The molecule has 0 bridgehead atoms. The van der Waals surface area contributed by atoms with E-state index >= 15 is 0 Å². The number of carbonyl (C=O) groups is 1. The number of rotatable bonds is 8. The Morgan fingerprint density at radius 2 is 1.75 bits per heavy atom. The average Bonchev–Trinajstić information content (AvgIpc) is 2.75. The topological polar surface area (TPSA) is 35.6 Å². The van der Waals surface area contributed by atoms with Crippen molar-refractivity contribution in [3.05, 3.63) is 0 Å². The lowest BCUT2D eigenvalue weighted by molar-refractivity contribution is -0.133. The molecule has 0 aromatic carbocycles. The molecule has 1 aliphatic heterocycles. The molecular formula is C16H33N3O. The van der Waals surface area contributed by atoms with Crippen LogP contribution in [0, 0.1) is 0 Å². The molecule has 1 N–H and O–H groups in total. The first kappa shape index (κ1) is 17.4. The van der Waals surface area contributed by atoms with E-state index in [0.717, 1.165) is 45.7 Å². The Morgan fingerprint density at radius 3 is 2.30 bits per heavy atom. The molecule has 0 aromatic rings. The lowest BCUT2D eigenvalue weighted by Crippen LogP contribution is -2.45. The van der Waals surface area contributed by atoms with Gasteiger partial charge in [0.25, 0.3) is 0 Å². The fourth-order valence-corrected chi connectivity index (χ4v) is 2.81. The van der Waals surface area contributed by atoms with Crippen molar-refractivity contribution in [2.45, 2.75) is 58.9 Å². The number of carbonyl (C=O) groups excluding carboxylic acids is 1. The molecule has 1 unspecified atom stereocenters. The van der Waals surface area contributed by atoms with Gasteiger partial charge in [0.05, 0.1) is 6.04 Å². The summed E-state index contributed by atoms with van der Waals surface area (Å²) in [6, 6.07) is -0.0372. The standard InChI is InChI=1S/C16H33N3O/c1-4-18(5-2)12-10-11-17-15(3)16(20)19-13-8-6-7-9-14-19/h15,17H,4-14H2,1-3H3. The SMILES string of the molecule is CCN(CC)CCCNC(C)C(=O)N1CCCCCC1. The van der Waals surface area contributed by atoms with Gasteiger partial charge in [-0.3, -0.25) is 4.79 Å². The van der Waals surface area contributed by atoms with Crippen LogP contribution in [0.25, 0.3) is 0 Å². The molecule has 0 spiro atoms. The molecule has 20 heavy (non-hydrogen) atoms. The molecule has 1 amide bonds. The van der Waals surface area contributed by atoms with Crippen molar-refractivity contribution in [1.82, 2.24) is 15.1 Å². The quantitative estimate of drug-likeness (QED) is 0.693. The molecule has 1 fully saturated rings. The number of amides is 1. The lowest BCUT2D eigenvalue weighted by atomic mass is 10.2. The predicted octanol–water partition coefficient (Wildman–Crippen LogP) is 2.10. The van der Waals surface area contributed by atoms with Gasteiger partial charge >= 0.3 is 0 Å². The number of hydrogen-bond donors (Lipinski definition) is 1. The van der Waals surface area contributed by atoms with Crippen LogP contribution < -0.4 is 5.32 Å². The Hall–Kier alpha value is -0.610. The molecule has 0 aliphatic carbocycles. The molecule has 4 nitrogen and oxygen atoms in total. The second-order valence-electron chi connectivity index (χ2n) is 5.80. The zero-order chi connectivity index (χ0) is 14.8. The Kier molecular flexibility index (Phi) is 8.86. The van der Waals surface area contributed by atoms with Crippen molar-refractivity contribution in [2.24, 2.45) is 0 Å². The third-order valence-electron chi connectivity index (χ3n) is 4.28. The first-order valence-corrected chi connectivity index (χ1v) is 8.43. The van der Waals surface area contributed by atoms with Crippen LogP contribution in [0.1, 0.15) is 52.9 Å². The molecular weight excluding hydrogens is 250 g/mol. The monoisotopic (exact) mass is 283 g/mol. The third kappa shape index (κ3) is 6.23. The Labute approximate surface area is 124 Å². The molecule has 0 saturated carbocycles. The van der Waals surface area contributed by atoms with Crippen molar-refractivity contribution in [1.29, 1.82) is 0 Å². The maximum absolute atomic E-state index is 12.3. The highest BCUT2D eigenvalue weighted by molar-refractivity contribution is 5.81. The van der Waals surface area contributed by atoms with Crippen LogP contribution in [0.2, 0.25) is 0 Å². The van der Waals surface area contributed by atoms with Crippen molar-refractivity contribution in [2.75, 3.05) is 39.3 Å². The number of likely N-dealkylation sites (tertiary alicyclic amines) is 1. The Bertz CT molecular complexity index is 258. The van der Waals surface area contributed by atoms with Gasteiger partial charge in [0.2, 0.25) is 5.91 Å². The summed E-state index contributed by atoms with van der Waals surface area (Å²) < 4.78 is 0. The summed E-state index contributed by atoms with van der Waals surface area (Å²) in [5.41, 5.74) is 0. The maximum Gasteiger partial charge on any atom is 0.239 e. The minimum Gasteiger partial charge on any atom is -0.341 e. The normalized spacial score (nSPS) is 18.1. The average molecular weight is 283 g/mol. The van der Waals surface area contributed by atoms with E-state index in [4.69, 9.17) is 0 Å². The van der Waals surface area contributed by atoms with E-state index in [1.807, 2.05) is 6.92 Å². The number of nitrogens with one attached hydrogen (secondary N) is 1. The van der Waals surface area contributed by atoms with Crippen LogP contribution >= 0.6 is 0 Å². The largest absolute Gasteiger partial charge is 0.341 e. The molecule has 0 aromatic heterocycles. The zero-order valence-corrected chi connectivity index (χ0v) is 13.7. The van der Waals surface area contributed by atoms with Crippen molar-refractivity contribution < 1.29 is 4.79 Å². The van der Waals surface area contributed by atoms with Crippen LogP contribution in [-0.2, 0) is 4.79 Å². The minimum absolute atomic E-state index is 0.0372. The molecule has 0 radical (unpaired) electrons. The second-order valence-corrected chi connectivity index (χ2v) is 5.80. The summed E-state index contributed by atoms with van der Waals surface area (Å²) >= 11 is 0. The fraction of sp³-hybridized carbons (Fsp3) is 0.938. The molecule has 1 rings (SSSR count). The molecule has 4 heteroatoms. The van der Waals surface area contributed by atoms with Gasteiger partial charge in [0.1, 0.15) is 0 Å². The first-order valence-electron chi connectivity index (χ1n) is 8.43. The summed E-state index contributed by atoms with van der Waals surface area (Å²) in [6.45, 7) is 12.6. The summed E-state index contributed by atoms with van der Waals surface area (Å²) in [5.74, 6) is 0.287. The van der Waals surface area contributed by atoms with Crippen LogP contribution in [0.3, 0.4) is 0 Å². The van der Waals surface area contributed by atoms with Crippen LogP contribution in [-0.4, -0.2) is 61.0 Å².